The molecule has 0 unspecified atom stereocenters. The highest BCUT2D eigenvalue weighted by Crippen LogP contribution is 2.35. The van der Waals surface area contributed by atoms with Gasteiger partial charge in [0.25, 0.3) is 0 Å². The Bertz CT molecular complexity index is 391. The molecule has 0 aromatic carbocycles. The molecular formula is C8H7BrF3NO2S. The van der Waals surface area contributed by atoms with Crippen LogP contribution in [-0.4, -0.2) is 17.6 Å². The fraction of sp³-hybridized carbons (Fsp3) is 0.500. The lowest BCUT2D eigenvalue weighted by Crippen LogP contribution is -2.13. The van der Waals surface area contributed by atoms with Gasteiger partial charge in [0.15, 0.2) is 5.69 Å². The first-order valence-corrected chi connectivity index (χ1v) is 6.14. The first kappa shape index (κ1) is 13.4. The number of nitrogens with zero attached hydrogens (tertiary/aromatic N) is 1. The monoisotopic (exact) mass is 317 g/mol. The van der Waals surface area contributed by atoms with E-state index in [0.29, 0.717) is 11.3 Å². The zero-order chi connectivity index (χ0) is 12.3. The van der Waals surface area contributed by atoms with Crippen LogP contribution in [0.5, 0.6) is 0 Å². The van der Waals surface area contributed by atoms with Gasteiger partial charge < -0.3 is 4.74 Å². The molecular weight excluding hydrogens is 311 g/mol. The van der Waals surface area contributed by atoms with E-state index < -0.39 is 22.7 Å². The second-order valence-corrected chi connectivity index (χ2v) is 4.28. The van der Waals surface area contributed by atoms with Crippen molar-refractivity contribution in [2.45, 2.75) is 18.4 Å². The van der Waals surface area contributed by atoms with Gasteiger partial charge in [-0.3, -0.25) is 0 Å². The molecule has 0 saturated heterocycles. The highest BCUT2D eigenvalue weighted by Gasteiger charge is 2.39. The molecule has 0 aliphatic carbocycles. The first-order valence-electron chi connectivity index (χ1n) is 4.20. The average Bonchev–Trinajstić information content (AvgIpc) is 2.61. The third-order valence-corrected chi connectivity index (χ3v) is 3.45. The number of aromatic nitrogens is 1. The Kier molecular flexibility index (Phi) is 4.31. The van der Waals surface area contributed by atoms with Crippen LogP contribution in [0.1, 0.15) is 27.3 Å². The van der Waals surface area contributed by atoms with E-state index in [4.69, 9.17) is 0 Å². The van der Waals surface area contributed by atoms with Crippen molar-refractivity contribution >= 4 is 33.2 Å². The zero-order valence-corrected chi connectivity index (χ0v) is 10.5. The Hall–Kier alpha value is -0.630. The summed E-state index contributed by atoms with van der Waals surface area (Å²) in [6, 6.07) is 0. The van der Waals surface area contributed by atoms with Gasteiger partial charge in [-0.2, -0.15) is 13.2 Å². The van der Waals surface area contributed by atoms with E-state index in [0.717, 1.165) is 0 Å². The molecule has 0 atom stereocenters. The molecule has 0 saturated carbocycles. The predicted octanol–water partition coefficient (Wildman–Crippen LogP) is 3.23. The van der Waals surface area contributed by atoms with Crippen LogP contribution in [0.4, 0.5) is 13.2 Å². The summed E-state index contributed by atoms with van der Waals surface area (Å²) in [5, 5.41) is 0.357. The Morgan fingerprint density at radius 1 is 1.56 bits per heavy atom. The van der Waals surface area contributed by atoms with Crippen LogP contribution in [0, 0.1) is 0 Å². The van der Waals surface area contributed by atoms with E-state index >= 15 is 0 Å². The van der Waals surface area contributed by atoms with Crippen LogP contribution in [0.25, 0.3) is 0 Å². The molecule has 8 heteroatoms. The molecule has 0 radical (unpaired) electrons. The summed E-state index contributed by atoms with van der Waals surface area (Å²) in [6.45, 7) is 1.55. The summed E-state index contributed by atoms with van der Waals surface area (Å²) in [5.74, 6) is -0.987. The molecule has 1 rings (SSSR count). The standard InChI is InChI=1S/C8H7BrF3NO2S/c1-2-15-7(14)5-6(8(10,11)12)13-4(3-9)16-5/h2-3H2,1H3. The molecule has 0 spiro atoms. The van der Waals surface area contributed by atoms with Gasteiger partial charge in [0.1, 0.15) is 9.88 Å². The van der Waals surface area contributed by atoms with Gasteiger partial charge in [-0.25, -0.2) is 9.78 Å². The maximum atomic E-state index is 12.5. The second-order valence-electron chi connectivity index (χ2n) is 2.64. The zero-order valence-electron chi connectivity index (χ0n) is 8.10. The molecule has 16 heavy (non-hydrogen) atoms. The number of carbonyl (C=O) groups excluding carboxylic acids is 1. The van der Waals surface area contributed by atoms with Crippen molar-refractivity contribution in [1.82, 2.24) is 4.98 Å². The molecule has 0 N–H and O–H groups in total. The van der Waals surface area contributed by atoms with Gasteiger partial charge in [0.05, 0.1) is 11.9 Å². The van der Waals surface area contributed by atoms with Crippen LogP contribution in [-0.2, 0) is 16.2 Å². The van der Waals surface area contributed by atoms with E-state index in [-0.39, 0.29) is 16.9 Å². The van der Waals surface area contributed by atoms with Crippen LogP contribution >= 0.6 is 27.3 Å². The third kappa shape index (κ3) is 2.94. The molecule has 0 aliphatic heterocycles. The number of ether oxygens (including phenoxy) is 1. The van der Waals surface area contributed by atoms with Crippen LogP contribution < -0.4 is 0 Å². The quantitative estimate of drug-likeness (QED) is 0.634. The SMILES string of the molecule is CCOC(=O)c1sc(CBr)nc1C(F)(F)F. The highest BCUT2D eigenvalue weighted by molar-refractivity contribution is 9.08. The lowest BCUT2D eigenvalue weighted by atomic mass is 10.3. The average molecular weight is 318 g/mol. The maximum absolute atomic E-state index is 12.5. The summed E-state index contributed by atoms with van der Waals surface area (Å²) in [6.07, 6.45) is -4.64. The second kappa shape index (κ2) is 5.13. The van der Waals surface area contributed by atoms with Gasteiger partial charge in [0, 0.05) is 0 Å². The minimum atomic E-state index is -4.64. The van der Waals surface area contributed by atoms with Crippen molar-refractivity contribution < 1.29 is 22.7 Å². The van der Waals surface area contributed by atoms with Crippen molar-refractivity contribution in [1.29, 1.82) is 0 Å². The van der Waals surface area contributed by atoms with Crippen molar-refractivity contribution in [3.63, 3.8) is 0 Å². The summed E-state index contributed by atoms with van der Waals surface area (Å²) in [5.41, 5.74) is -1.18. The van der Waals surface area contributed by atoms with Crippen LogP contribution in [0.3, 0.4) is 0 Å². The minimum absolute atomic E-state index is 0.0255. The molecule has 0 fully saturated rings. The number of alkyl halides is 4. The lowest BCUT2D eigenvalue weighted by molar-refractivity contribution is -0.141. The topological polar surface area (TPSA) is 39.2 Å². The molecule has 1 aromatic heterocycles. The van der Waals surface area contributed by atoms with Crippen molar-refractivity contribution in [2.75, 3.05) is 6.61 Å². The van der Waals surface area contributed by atoms with E-state index in [9.17, 15) is 18.0 Å². The highest BCUT2D eigenvalue weighted by atomic mass is 79.9. The van der Waals surface area contributed by atoms with E-state index in [2.05, 4.69) is 25.7 Å². The smallest absolute Gasteiger partial charge is 0.435 e. The summed E-state index contributed by atoms with van der Waals surface area (Å²) < 4.78 is 42.1. The van der Waals surface area contributed by atoms with Crippen LogP contribution in [0.15, 0.2) is 0 Å². The molecule has 0 bridgehead atoms. The van der Waals surface area contributed by atoms with E-state index in [1.54, 1.807) is 0 Å². The number of esters is 1. The van der Waals surface area contributed by atoms with Crippen molar-refractivity contribution in [3.05, 3.63) is 15.6 Å². The number of carbonyl (C=O) groups is 1. The van der Waals surface area contributed by atoms with Crippen molar-refractivity contribution in [2.24, 2.45) is 0 Å². The van der Waals surface area contributed by atoms with Gasteiger partial charge in [-0.05, 0) is 6.92 Å². The summed E-state index contributed by atoms with van der Waals surface area (Å²) >= 11 is 3.67. The number of rotatable bonds is 3. The molecule has 90 valence electrons. The van der Waals surface area contributed by atoms with Gasteiger partial charge in [-0.15, -0.1) is 11.3 Å². The fourth-order valence-electron chi connectivity index (χ4n) is 0.949. The fourth-order valence-corrected chi connectivity index (χ4v) is 2.24. The Morgan fingerprint density at radius 3 is 2.62 bits per heavy atom. The Morgan fingerprint density at radius 2 is 2.19 bits per heavy atom. The third-order valence-electron chi connectivity index (χ3n) is 1.52. The maximum Gasteiger partial charge on any atom is 0.435 e. The van der Waals surface area contributed by atoms with E-state index in [1.165, 1.54) is 6.92 Å². The number of halogens is 4. The van der Waals surface area contributed by atoms with Crippen LogP contribution in [0.2, 0.25) is 0 Å². The summed E-state index contributed by atoms with van der Waals surface area (Å²) in [7, 11) is 0. The lowest BCUT2D eigenvalue weighted by Gasteiger charge is -2.05. The Balaban J connectivity index is 3.15. The Labute approximate surface area is 102 Å². The van der Waals surface area contributed by atoms with Gasteiger partial charge >= 0.3 is 12.1 Å². The molecule has 3 nitrogen and oxygen atoms in total. The number of thiazole rings is 1. The number of hydrogen-bond acceptors (Lipinski definition) is 4. The predicted molar refractivity (Wildman–Crippen MR) is 55.7 cm³/mol. The largest absolute Gasteiger partial charge is 0.462 e. The van der Waals surface area contributed by atoms with Gasteiger partial charge in [-0.1, -0.05) is 15.9 Å². The normalized spacial score (nSPS) is 11.6. The number of hydrogen-bond donors (Lipinski definition) is 0. The minimum Gasteiger partial charge on any atom is -0.462 e. The molecule has 0 amide bonds. The first-order chi connectivity index (χ1) is 7.40. The molecule has 1 aromatic rings. The van der Waals surface area contributed by atoms with Crippen molar-refractivity contribution in [3.8, 4) is 0 Å². The van der Waals surface area contributed by atoms with Gasteiger partial charge in [0.2, 0.25) is 0 Å². The molecule has 1 heterocycles. The summed E-state index contributed by atoms with van der Waals surface area (Å²) in [4.78, 5) is 14.1. The molecule has 0 aliphatic rings. The van der Waals surface area contributed by atoms with E-state index in [1.807, 2.05) is 0 Å².